The van der Waals surface area contributed by atoms with Gasteiger partial charge in [-0.3, -0.25) is 0 Å². The van der Waals surface area contributed by atoms with E-state index in [2.05, 4.69) is 24.8 Å². The molecule has 0 saturated heterocycles. The Morgan fingerprint density at radius 2 is 2.50 bits per heavy atom. The van der Waals surface area contributed by atoms with E-state index in [1.54, 1.807) is 0 Å². The van der Waals surface area contributed by atoms with Crippen molar-refractivity contribution in [2.45, 2.75) is 19.3 Å². The molecule has 8 heavy (non-hydrogen) atoms. The summed E-state index contributed by atoms with van der Waals surface area (Å²) in [6.45, 7) is 0. The van der Waals surface area contributed by atoms with Gasteiger partial charge in [0.1, 0.15) is 0 Å². The summed E-state index contributed by atoms with van der Waals surface area (Å²) in [5, 5.41) is 0. The highest BCUT2D eigenvalue weighted by Gasteiger charge is 2.06. The zero-order chi connectivity index (χ0) is 5.82. The molecule has 0 aromatic rings. The fraction of sp³-hybridized carbons (Fsp3) is 0.714. The summed E-state index contributed by atoms with van der Waals surface area (Å²) in [4.78, 5) is 0. The fourth-order valence-corrected chi connectivity index (χ4v) is 1.43. The lowest BCUT2D eigenvalue weighted by atomic mass is 10.1. The van der Waals surface area contributed by atoms with Crippen LogP contribution in [-0.2, 0) is 0 Å². The Balaban J connectivity index is 2.16. The highest BCUT2D eigenvalue weighted by Crippen LogP contribution is 2.20. The van der Waals surface area contributed by atoms with Gasteiger partial charge in [-0.1, -0.05) is 12.2 Å². The Labute approximate surface area is 56.4 Å². The van der Waals surface area contributed by atoms with Crippen LogP contribution in [0.4, 0.5) is 0 Å². The van der Waals surface area contributed by atoms with Crippen molar-refractivity contribution in [1.29, 1.82) is 0 Å². The minimum atomic E-state index is 0.854. The molecule has 0 aromatic carbocycles. The van der Waals surface area contributed by atoms with E-state index >= 15 is 0 Å². The zero-order valence-electron chi connectivity index (χ0n) is 5.01. The average Bonchev–Trinajstić information content (AvgIpc) is 2.19. The van der Waals surface area contributed by atoms with Gasteiger partial charge in [0.2, 0.25) is 0 Å². The van der Waals surface area contributed by atoms with Gasteiger partial charge in [0, 0.05) is 0 Å². The second kappa shape index (κ2) is 3.18. The van der Waals surface area contributed by atoms with Crippen molar-refractivity contribution in [2.24, 2.45) is 5.92 Å². The van der Waals surface area contributed by atoms with E-state index in [0.717, 1.165) is 11.7 Å². The Kier molecular flexibility index (Phi) is 2.47. The molecular weight excluding hydrogens is 116 g/mol. The summed E-state index contributed by atoms with van der Waals surface area (Å²) in [6, 6.07) is 0. The van der Waals surface area contributed by atoms with Gasteiger partial charge in [0.25, 0.3) is 0 Å². The molecule has 0 bridgehead atoms. The predicted molar refractivity (Wildman–Crippen MR) is 40.3 cm³/mol. The van der Waals surface area contributed by atoms with Crippen molar-refractivity contribution < 1.29 is 0 Å². The van der Waals surface area contributed by atoms with Crippen LogP contribution < -0.4 is 0 Å². The monoisotopic (exact) mass is 128 g/mol. The minimum Gasteiger partial charge on any atom is -0.179 e. The van der Waals surface area contributed by atoms with Gasteiger partial charge in [-0.25, -0.2) is 0 Å². The van der Waals surface area contributed by atoms with Gasteiger partial charge in [0.15, 0.2) is 0 Å². The summed E-state index contributed by atoms with van der Waals surface area (Å²) >= 11 is 4.16. The number of hydrogen-bond donors (Lipinski definition) is 1. The van der Waals surface area contributed by atoms with Gasteiger partial charge in [-0.2, -0.15) is 12.6 Å². The van der Waals surface area contributed by atoms with Crippen LogP contribution in [0.25, 0.3) is 0 Å². The second-order valence-electron chi connectivity index (χ2n) is 2.28. The van der Waals surface area contributed by atoms with Gasteiger partial charge in [-0.15, -0.1) is 0 Å². The maximum absolute atomic E-state index is 4.16. The second-order valence-corrected chi connectivity index (χ2v) is 2.73. The molecule has 1 aliphatic rings. The molecule has 0 N–H and O–H groups in total. The summed E-state index contributed by atoms with van der Waals surface area (Å²) in [6.07, 6.45) is 8.50. The van der Waals surface area contributed by atoms with E-state index in [0.29, 0.717) is 0 Å². The van der Waals surface area contributed by atoms with Crippen molar-refractivity contribution >= 4 is 12.6 Å². The van der Waals surface area contributed by atoms with Crippen molar-refractivity contribution in [3.63, 3.8) is 0 Å². The first-order valence-electron chi connectivity index (χ1n) is 3.21. The molecule has 0 aromatic heterocycles. The Morgan fingerprint density at radius 1 is 1.62 bits per heavy atom. The maximum Gasteiger partial charge on any atom is -0.00923 e. The number of thiol groups is 1. The zero-order valence-corrected chi connectivity index (χ0v) is 5.90. The van der Waals surface area contributed by atoms with Crippen LogP contribution in [0.1, 0.15) is 19.3 Å². The number of allylic oxidation sites excluding steroid dienone is 2. The third-order valence-corrected chi connectivity index (χ3v) is 1.87. The largest absolute Gasteiger partial charge is 0.179 e. The first-order chi connectivity index (χ1) is 3.93. The first kappa shape index (κ1) is 6.21. The quantitative estimate of drug-likeness (QED) is 0.428. The van der Waals surface area contributed by atoms with Gasteiger partial charge >= 0.3 is 0 Å². The molecule has 0 amide bonds. The van der Waals surface area contributed by atoms with Crippen molar-refractivity contribution in [3.8, 4) is 0 Å². The van der Waals surface area contributed by atoms with E-state index in [-0.39, 0.29) is 0 Å². The molecule has 0 heterocycles. The van der Waals surface area contributed by atoms with E-state index < -0.39 is 0 Å². The maximum atomic E-state index is 4.16. The van der Waals surface area contributed by atoms with Crippen LogP contribution in [0.3, 0.4) is 0 Å². The first-order valence-corrected chi connectivity index (χ1v) is 3.84. The van der Waals surface area contributed by atoms with Crippen molar-refractivity contribution in [3.05, 3.63) is 12.2 Å². The Morgan fingerprint density at radius 3 is 3.00 bits per heavy atom. The molecule has 1 aliphatic carbocycles. The van der Waals surface area contributed by atoms with Crippen LogP contribution in [-0.4, -0.2) is 5.75 Å². The molecular formula is C7H12S. The third-order valence-electron chi connectivity index (χ3n) is 1.61. The standard InChI is InChI=1S/C7H12S/c8-6-5-7-3-1-2-4-7/h1,3,7-8H,2,4-6H2. The predicted octanol–water partition coefficient (Wildman–Crippen LogP) is 2.27. The van der Waals surface area contributed by atoms with Crippen LogP contribution in [0.15, 0.2) is 12.2 Å². The van der Waals surface area contributed by atoms with E-state index in [4.69, 9.17) is 0 Å². The van der Waals surface area contributed by atoms with Crippen LogP contribution in [0.2, 0.25) is 0 Å². The molecule has 1 rings (SSSR count). The molecule has 0 radical (unpaired) electrons. The summed E-state index contributed by atoms with van der Waals surface area (Å²) in [5.41, 5.74) is 0. The van der Waals surface area contributed by atoms with Gasteiger partial charge in [-0.05, 0) is 30.9 Å². The summed E-state index contributed by atoms with van der Waals surface area (Å²) in [5.74, 6) is 1.89. The smallest absolute Gasteiger partial charge is 0.00923 e. The molecule has 1 heteroatoms. The third kappa shape index (κ3) is 1.55. The van der Waals surface area contributed by atoms with Crippen LogP contribution in [0, 0.1) is 5.92 Å². The Bertz CT molecular complexity index is 86.4. The molecule has 1 atom stereocenters. The fourth-order valence-electron chi connectivity index (χ4n) is 1.10. The topological polar surface area (TPSA) is 0 Å². The highest BCUT2D eigenvalue weighted by molar-refractivity contribution is 7.80. The van der Waals surface area contributed by atoms with Crippen molar-refractivity contribution in [1.82, 2.24) is 0 Å². The molecule has 0 saturated carbocycles. The SMILES string of the molecule is SCCC1C=CCC1. The Hall–Kier alpha value is 0.0900. The van der Waals surface area contributed by atoms with Crippen molar-refractivity contribution in [2.75, 3.05) is 5.75 Å². The minimum absolute atomic E-state index is 0.854. The lowest BCUT2D eigenvalue weighted by Crippen LogP contribution is -1.90. The lowest BCUT2D eigenvalue weighted by molar-refractivity contribution is 0.618. The molecule has 0 aliphatic heterocycles. The average molecular weight is 128 g/mol. The van der Waals surface area contributed by atoms with Gasteiger partial charge in [0.05, 0.1) is 0 Å². The number of hydrogen-bond acceptors (Lipinski definition) is 1. The van der Waals surface area contributed by atoms with Crippen LogP contribution in [0.5, 0.6) is 0 Å². The summed E-state index contributed by atoms with van der Waals surface area (Å²) < 4.78 is 0. The van der Waals surface area contributed by atoms with Crippen LogP contribution >= 0.6 is 12.6 Å². The highest BCUT2D eigenvalue weighted by atomic mass is 32.1. The lowest BCUT2D eigenvalue weighted by Gasteiger charge is -2.01. The van der Waals surface area contributed by atoms with Gasteiger partial charge < -0.3 is 0 Å². The molecule has 0 fully saturated rings. The normalized spacial score (nSPS) is 26.9. The van der Waals surface area contributed by atoms with E-state index in [9.17, 15) is 0 Å². The van der Waals surface area contributed by atoms with E-state index in [1.165, 1.54) is 19.3 Å². The summed E-state index contributed by atoms with van der Waals surface area (Å²) in [7, 11) is 0. The molecule has 1 unspecified atom stereocenters. The molecule has 0 spiro atoms. The molecule has 46 valence electrons. The number of rotatable bonds is 2. The molecule has 0 nitrogen and oxygen atoms in total. The van der Waals surface area contributed by atoms with E-state index in [1.807, 2.05) is 0 Å².